The summed E-state index contributed by atoms with van der Waals surface area (Å²) in [5, 5.41) is 13.3. The van der Waals surface area contributed by atoms with Crippen molar-refractivity contribution in [2.75, 3.05) is 11.1 Å². The number of nitrogens with two attached hydrogens (primary N) is 1. The zero-order valence-electron chi connectivity index (χ0n) is 15.0. The lowest BCUT2D eigenvalue weighted by molar-refractivity contribution is 0.126. The molecule has 0 aliphatic heterocycles. The first-order valence-electron chi connectivity index (χ1n) is 9.16. The smallest absolute Gasteiger partial charge is 0.221 e. The second-order valence-electron chi connectivity index (χ2n) is 7.31. The number of nitrogens with zero attached hydrogens (tertiary/aromatic N) is 2. The van der Waals surface area contributed by atoms with Crippen LogP contribution in [0.2, 0.25) is 0 Å². The molecule has 1 heterocycles. The van der Waals surface area contributed by atoms with E-state index in [-0.39, 0.29) is 18.0 Å². The predicted molar refractivity (Wildman–Crippen MR) is 101 cm³/mol. The van der Waals surface area contributed by atoms with Crippen LogP contribution in [0.25, 0.3) is 0 Å². The van der Waals surface area contributed by atoms with Crippen LogP contribution < -0.4 is 11.1 Å². The predicted octanol–water partition coefficient (Wildman–Crippen LogP) is 3.56. The van der Waals surface area contributed by atoms with E-state index in [0.29, 0.717) is 12.0 Å². The molecule has 0 radical (unpaired) electrons. The molecule has 5 heteroatoms. The van der Waals surface area contributed by atoms with Gasteiger partial charge in [0.1, 0.15) is 5.82 Å². The minimum atomic E-state index is -0.166. The topological polar surface area (TPSA) is 84.1 Å². The van der Waals surface area contributed by atoms with Crippen molar-refractivity contribution in [3.05, 3.63) is 47.7 Å². The number of rotatable bonds is 5. The first-order chi connectivity index (χ1) is 12.0. The number of aliphatic hydroxyl groups is 1. The molecule has 0 saturated heterocycles. The van der Waals surface area contributed by atoms with Gasteiger partial charge in [-0.25, -0.2) is 4.98 Å². The van der Waals surface area contributed by atoms with E-state index >= 15 is 0 Å². The Bertz CT molecular complexity index is 681. The Hall–Kier alpha value is -2.14. The van der Waals surface area contributed by atoms with Crippen LogP contribution in [0.1, 0.15) is 56.6 Å². The Morgan fingerprint density at radius 3 is 2.44 bits per heavy atom. The van der Waals surface area contributed by atoms with Gasteiger partial charge in [-0.15, -0.1) is 0 Å². The van der Waals surface area contributed by atoms with Gasteiger partial charge in [0, 0.05) is 23.7 Å². The average molecular weight is 340 g/mol. The first-order valence-corrected chi connectivity index (χ1v) is 9.16. The summed E-state index contributed by atoms with van der Waals surface area (Å²) in [7, 11) is 0. The van der Waals surface area contributed by atoms with Crippen molar-refractivity contribution in [3.8, 4) is 0 Å². The molecule has 4 N–H and O–H groups in total. The molecular weight excluding hydrogens is 312 g/mol. The zero-order valence-corrected chi connectivity index (χ0v) is 15.0. The molecule has 1 aromatic heterocycles. The molecule has 1 atom stereocenters. The number of nitrogens with one attached hydrogen (secondary N) is 1. The van der Waals surface area contributed by atoms with Gasteiger partial charge in [-0.1, -0.05) is 44.2 Å². The van der Waals surface area contributed by atoms with Crippen LogP contribution in [0, 0.1) is 5.92 Å². The molecule has 1 unspecified atom stereocenters. The van der Waals surface area contributed by atoms with Gasteiger partial charge < -0.3 is 16.2 Å². The van der Waals surface area contributed by atoms with Gasteiger partial charge in [0.15, 0.2) is 0 Å². The van der Waals surface area contributed by atoms with Gasteiger partial charge in [-0.2, -0.15) is 4.98 Å². The summed E-state index contributed by atoms with van der Waals surface area (Å²) in [5.74, 6) is 1.73. The van der Waals surface area contributed by atoms with Crippen molar-refractivity contribution in [2.24, 2.45) is 5.92 Å². The van der Waals surface area contributed by atoms with E-state index in [0.717, 1.165) is 37.1 Å². The lowest BCUT2D eigenvalue weighted by atomic mass is 9.83. The van der Waals surface area contributed by atoms with Crippen molar-refractivity contribution >= 4 is 11.8 Å². The number of anilines is 2. The molecular formula is C20H28N4O. The molecule has 0 amide bonds. The highest BCUT2D eigenvalue weighted by atomic mass is 16.3. The molecule has 1 aliphatic carbocycles. The van der Waals surface area contributed by atoms with E-state index < -0.39 is 0 Å². The largest absolute Gasteiger partial charge is 0.393 e. The average Bonchev–Trinajstić information content (AvgIpc) is 2.60. The molecule has 25 heavy (non-hydrogen) atoms. The van der Waals surface area contributed by atoms with Crippen LogP contribution >= 0.6 is 0 Å². The molecule has 3 rings (SSSR count). The lowest BCUT2D eigenvalue weighted by Crippen LogP contribution is -2.29. The van der Waals surface area contributed by atoms with Crippen molar-refractivity contribution in [1.82, 2.24) is 9.97 Å². The standard InChI is InChI=1S/C20H28N4O/c1-13(2)18(14-6-4-3-5-7-14)17-12-22-20(21)24-19(17)23-15-8-10-16(25)11-9-15/h3-7,12-13,15-16,18,25H,8-11H2,1-2H3,(H3,21,22,23,24)/t15-,16-,18?. The van der Waals surface area contributed by atoms with E-state index in [1.165, 1.54) is 5.56 Å². The molecule has 134 valence electrons. The third-order valence-corrected chi connectivity index (χ3v) is 5.03. The Kier molecular flexibility index (Phi) is 5.53. The van der Waals surface area contributed by atoms with Gasteiger partial charge >= 0.3 is 0 Å². The highest BCUT2D eigenvalue weighted by Gasteiger charge is 2.25. The number of benzene rings is 1. The second-order valence-corrected chi connectivity index (χ2v) is 7.31. The van der Waals surface area contributed by atoms with Gasteiger partial charge in [0.25, 0.3) is 0 Å². The summed E-state index contributed by atoms with van der Waals surface area (Å²) < 4.78 is 0. The Balaban J connectivity index is 1.92. The molecule has 0 spiro atoms. The van der Waals surface area contributed by atoms with Crippen molar-refractivity contribution < 1.29 is 5.11 Å². The first kappa shape index (κ1) is 17.7. The van der Waals surface area contributed by atoms with Crippen LogP contribution in [0.4, 0.5) is 11.8 Å². The minimum absolute atomic E-state index is 0.166. The summed E-state index contributed by atoms with van der Waals surface area (Å²) in [4.78, 5) is 8.77. The highest BCUT2D eigenvalue weighted by Crippen LogP contribution is 2.36. The lowest BCUT2D eigenvalue weighted by Gasteiger charge is -2.29. The maximum atomic E-state index is 9.73. The minimum Gasteiger partial charge on any atom is -0.393 e. The molecule has 2 aromatic rings. The van der Waals surface area contributed by atoms with Crippen LogP contribution in [0.3, 0.4) is 0 Å². The summed E-state index contributed by atoms with van der Waals surface area (Å²) in [6.45, 7) is 4.43. The summed E-state index contributed by atoms with van der Waals surface area (Å²) in [6.07, 6.45) is 5.25. The van der Waals surface area contributed by atoms with E-state index in [1.54, 1.807) is 0 Å². The second kappa shape index (κ2) is 7.83. The fourth-order valence-corrected chi connectivity index (χ4v) is 3.75. The summed E-state index contributed by atoms with van der Waals surface area (Å²) >= 11 is 0. The van der Waals surface area contributed by atoms with Crippen LogP contribution in [-0.2, 0) is 0 Å². The number of hydrogen-bond acceptors (Lipinski definition) is 5. The van der Waals surface area contributed by atoms with Crippen molar-refractivity contribution in [1.29, 1.82) is 0 Å². The number of aromatic nitrogens is 2. The molecule has 5 nitrogen and oxygen atoms in total. The summed E-state index contributed by atoms with van der Waals surface area (Å²) in [6, 6.07) is 10.8. The third kappa shape index (κ3) is 4.28. The molecule has 1 aliphatic rings. The molecule has 1 aromatic carbocycles. The normalized spacial score (nSPS) is 21.9. The number of hydrogen-bond donors (Lipinski definition) is 3. The van der Waals surface area contributed by atoms with E-state index in [9.17, 15) is 5.11 Å². The Morgan fingerprint density at radius 1 is 1.12 bits per heavy atom. The summed E-state index contributed by atoms with van der Waals surface area (Å²) in [5.41, 5.74) is 8.21. The van der Waals surface area contributed by atoms with Crippen LogP contribution in [0.15, 0.2) is 36.5 Å². The van der Waals surface area contributed by atoms with E-state index in [4.69, 9.17) is 5.73 Å². The SMILES string of the molecule is CC(C)C(c1ccccc1)c1cnc(N)nc1N[C@H]1CC[C@H](O)CC1. The maximum Gasteiger partial charge on any atom is 0.221 e. The number of aliphatic hydroxyl groups excluding tert-OH is 1. The molecule has 1 fully saturated rings. The molecule has 0 bridgehead atoms. The van der Waals surface area contributed by atoms with Gasteiger partial charge in [-0.05, 0) is 37.2 Å². The quantitative estimate of drug-likeness (QED) is 0.775. The maximum absolute atomic E-state index is 9.73. The Labute approximate surface area is 149 Å². The fourth-order valence-electron chi connectivity index (χ4n) is 3.75. The Morgan fingerprint density at radius 2 is 1.80 bits per heavy atom. The van der Waals surface area contributed by atoms with Gasteiger partial charge in [0.2, 0.25) is 5.95 Å². The van der Waals surface area contributed by atoms with Gasteiger partial charge in [-0.3, -0.25) is 0 Å². The monoisotopic (exact) mass is 340 g/mol. The molecule has 1 saturated carbocycles. The zero-order chi connectivity index (χ0) is 17.8. The highest BCUT2D eigenvalue weighted by molar-refractivity contribution is 5.52. The van der Waals surface area contributed by atoms with Crippen LogP contribution in [0.5, 0.6) is 0 Å². The van der Waals surface area contributed by atoms with E-state index in [2.05, 4.69) is 53.4 Å². The van der Waals surface area contributed by atoms with Gasteiger partial charge in [0.05, 0.1) is 6.10 Å². The number of nitrogen functional groups attached to an aromatic ring is 1. The van der Waals surface area contributed by atoms with Crippen LogP contribution in [-0.4, -0.2) is 27.2 Å². The van der Waals surface area contributed by atoms with E-state index in [1.807, 2.05) is 12.3 Å². The third-order valence-electron chi connectivity index (χ3n) is 5.03. The fraction of sp³-hybridized carbons (Fsp3) is 0.500. The van der Waals surface area contributed by atoms with Crippen molar-refractivity contribution in [2.45, 2.75) is 57.6 Å². The van der Waals surface area contributed by atoms with Crippen molar-refractivity contribution in [3.63, 3.8) is 0 Å².